The Kier molecular flexibility index (Phi) is 3.31. The maximum atomic E-state index is 11.1. The summed E-state index contributed by atoms with van der Waals surface area (Å²) in [6.07, 6.45) is 0.986. The van der Waals surface area contributed by atoms with Gasteiger partial charge in [-0.2, -0.15) is 0 Å². The number of amides is 1. The molecule has 1 atom stereocenters. The SMILES string of the molecule is CS(=O)(=O)C1CN(P(O)(O)=S)C(=O)S1. The molecule has 1 aliphatic rings. The van der Waals surface area contributed by atoms with Crippen LogP contribution in [0.5, 0.6) is 0 Å². The minimum Gasteiger partial charge on any atom is -0.329 e. The lowest BCUT2D eigenvalue weighted by Gasteiger charge is -2.19. The van der Waals surface area contributed by atoms with E-state index in [4.69, 9.17) is 9.79 Å². The van der Waals surface area contributed by atoms with Crippen LogP contribution in [0.4, 0.5) is 4.79 Å². The molecular formula is C4H8NO5PS3. The molecule has 2 N–H and O–H groups in total. The van der Waals surface area contributed by atoms with Gasteiger partial charge in [0.15, 0.2) is 9.84 Å². The zero-order valence-corrected chi connectivity index (χ0v) is 10.4. The third-order valence-corrected chi connectivity index (χ3v) is 6.53. The van der Waals surface area contributed by atoms with Crippen molar-refractivity contribution in [1.82, 2.24) is 4.67 Å². The number of carbonyl (C=O) groups excluding carboxylic acids is 1. The minimum absolute atomic E-state index is 0.257. The van der Waals surface area contributed by atoms with Crippen molar-refractivity contribution in [2.75, 3.05) is 12.8 Å². The van der Waals surface area contributed by atoms with E-state index in [1.165, 1.54) is 0 Å². The number of nitrogens with zero attached hydrogens (tertiary/aromatic N) is 1. The van der Waals surface area contributed by atoms with E-state index in [-0.39, 0.29) is 6.54 Å². The Bertz CT molecular complexity index is 399. The van der Waals surface area contributed by atoms with Crippen LogP contribution in [0.3, 0.4) is 0 Å². The highest BCUT2D eigenvalue weighted by molar-refractivity contribution is 8.23. The van der Waals surface area contributed by atoms with Gasteiger partial charge >= 0.3 is 0 Å². The van der Waals surface area contributed by atoms with Crippen LogP contribution >= 0.6 is 18.4 Å². The molecule has 0 spiro atoms. The number of rotatable bonds is 2. The van der Waals surface area contributed by atoms with Crippen LogP contribution in [0.2, 0.25) is 0 Å². The average molecular weight is 277 g/mol. The maximum absolute atomic E-state index is 11.1. The zero-order chi connectivity index (χ0) is 11.1. The van der Waals surface area contributed by atoms with Crippen LogP contribution in [0, 0.1) is 0 Å². The van der Waals surface area contributed by atoms with E-state index in [1.807, 2.05) is 0 Å². The lowest BCUT2D eigenvalue weighted by atomic mass is 10.8. The van der Waals surface area contributed by atoms with Gasteiger partial charge in [-0.05, 0) is 23.6 Å². The molecule has 0 saturated carbocycles. The summed E-state index contributed by atoms with van der Waals surface area (Å²) in [5, 5.41) is -0.700. The molecule has 0 radical (unpaired) electrons. The van der Waals surface area contributed by atoms with Crippen molar-refractivity contribution in [1.29, 1.82) is 0 Å². The summed E-state index contributed by atoms with van der Waals surface area (Å²) in [5.74, 6) is 0. The Balaban J connectivity index is 2.92. The van der Waals surface area contributed by atoms with Gasteiger partial charge in [-0.3, -0.25) is 9.46 Å². The van der Waals surface area contributed by atoms with Gasteiger partial charge in [-0.1, -0.05) is 0 Å². The highest BCUT2D eigenvalue weighted by Gasteiger charge is 2.42. The number of hydrogen-bond donors (Lipinski definition) is 2. The fourth-order valence-corrected chi connectivity index (χ4v) is 4.74. The summed E-state index contributed by atoms with van der Waals surface area (Å²) in [4.78, 5) is 29.2. The Labute approximate surface area is 90.4 Å². The van der Waals surface area contributed by atoms with Crippen molar-refractivity contribution in [2.24, 2.45) is 0 Å². The third kappa shape index (κ3) is 2.68. The van der Waals surface area contributed by atoms with Gasteiger partial charge < -0.3 is 9.79 Å². The number of thioether (sulfide) groups is 1. The largest absolute Gasteiger partial charge is 0.329 e. The van der Waals surface area contributed by atoms with E-state index in [9.17, 15) is 13.2 Å². The molecule has 1 saturated heterocycles. The minimum atomic E-state index is -3.84. The molecule has 1 heterocycles. The van der Waals surface area contributed by atoms with Gasteiger partial charge in [-0.15, -0.1) is 0 Å². The lowest BCUT2D eigenvalue weighted by molar-refractivity contribution is 0.244. The van der Waals surface area contributed by atoms with Crippen molar-refractivity contribution in [3.05, 3.63) is 0 Å². The van der Waals surface area contributed by atoms with Crippen LogP contribution in [0.25, 0.3) is 0 Å². The summed E-state index contributed by atoms with van der Waals surface area (Å²) in [6, 6.07) is 0. The van der Waals surface area contributed by atoms with Gasteiger partial charge in [0.25, 0.3) is 11.9 Å². The van der Waals surface area contributed by atoms with Gasteiger partial charge in [-0.25, -0.2) is 8.42 Å². The molecule has 0 aromatic heterocycles. The van der Waals surface area contributed by atoms with E-state index >= 15 is 0 Å². The van der Waals surface area contributed by atoms with E-state index in [0.717, 1.165) is 6.26 Å². The molecule has 1 fully saturated rings. The van der Waals surface area contributed by atoms with Crippen LogP contribution in [0.1, 0.15) is 0 Å². The van der Waals surface area contributed by atoms with Gasteiger partial charge in [0, 0.05) is 6.26 Å². The van der Waals surface area contributed by atoms with E-state index < -0.39 is 26.3 Å². The van der Waals surface area contributed by atoms with Gasteiger partial charge in [0.05, 0.1) is 6.54 Å². The lowest BCUT2D eigenvalue weighted by Crippen LogP contribution is -2.24. The second-order valence-corrected chi connectivity index (χ2v) is 9.40. The molecule has 14 heavy (non-hydrogen) atoms. The Morgan fingerprint density at radius 2 is 2.14 bits per heavy atom. The van der Waals surface area contributed by atoms with E-state index in [1.54, 1.807) is 0 Å². The Morgan fingerprint density at radius 1 is 1.64 bits per heavy atom. The average Bonchev–Trinajstić information content (AvgIpc) is 2.27. The highest BCUT2D eigenvalue weighted by Crippen LogP contribution is 2.47. The number of sulfone groups is 1. The van der Waals surface area contributed by atoms with Crippen LogP contribution in [0.15, 0.2) is 0 Å². The van der Waals surface area contributed by atoms with Crippen LogP contribution < -0.4 is 0 Å². The number of carbonyl (C=O) groups is 1. The molecule has 1 rings (SSSR count). The smallest absolute Gasteiger partial charge is 0.290 e. The molecule has 6 nitrogen and oxygen atoms in total. The molecular weight excluding hydrogens is 269 g/mol. The molecule has 0 aromatic rings. The Hall–Kier alpha value is 0.340. The molecule has 0 bridgehead atoms. The summed E-state index contributed by atoms with van der Waals surface area (Å²) in [6.45, 7) is -4.10. The highest BCUT2D eigenvalue weighted by atomic mass is 32.5. The molecule has 82 valence electrons. The molecule has 1 aliphatic heterocycles. The van der Waals surface area contributed by atoms with E-state index in [0.29, 0.717) is 16.4 Å². The van der Waals surface area contributed by atoms with Crippen molar-refractivity contribution in [3.63, 3.8) is 0 Å². The second kappa shape index (κ2) is 3.73. The standard InChI is InChI=1S/C4H8NO5PS3/c1-14(9,10)3-2-5(4(6)13-3)11(7,8)12/h3H,2H2,1H3,(H2,7,8,12). The molecule has 0 aliphatic carbocycles. The summed E-state index contributed by atoms with van der Waals surface area (Å²) in [5.41, 5.74) is 0. The summed E-state index contributed by atoms with van der Waals surface area (Å²) >= 11 is 4.86. The van der Waals surface area contributed by atoms with Crippen molar-refractivity contribution in [2.45, 2.75) is 4.58 Å². The first-order valence-electron chi connectivity index (χ1n) is 3.35. The normalized spacial score (nSPS) is 24.4. The zero-order valence-electron chi connectivity index (χ0n) is 7.02. The van der Waals surface area contributed by atoms with Crippen molar-refractivity contribution >= 4 is 45.3 Å². The van der Waals surface area contributed by atoms with E-state index in [2.05, 4.69) is 11.8 Å². The summed E-state index contributed by atoms with van der Waals surface area (Å²) in [7, 11) is -3.38. The summed E-state index contributed by atoms with van der Waals surface area (Å²) < 4.78 is 21.8. The molecule has 10 heteroatoms. The predicted octanol–water partition coefficient (Wildman–Crippen LogP) is -0.265. The first-order valence-corrected chi connectivity index (χ1v) is 8.85. The van der Waals surface area contributed by atoms with Crippen LogP contribution in [-0.4, -0.2) is 45.5 Å². The topological polar surface area (TPSA) is 94.9 Å². The monoisotopic (exact) mass is 277 g/mol. The van der Waals surface area contributed by atoms with Gasteiger partial charge in [0.2, 0.25) is 0 Å². The molecule has 1 unspecified atom stereocenters. The quantitative estimate of drug-likeness (QED) is 0.671. The third-order valence-electron chi connectivity index (χ3n) is 1.56. The molecule has 1 amide bonds. The van der Waals surface area contributed by atoms with Crippen molar-refractivity contribution in [3.8, 4) is 0 Å². The predicted molar refractivity (Wildman–Crippen MR) is 57.0 cm³/mol. The first-order chi connectivity index (χ1) is 6.12. The Morgan fingerprint density at radius 3 is 2.36 bits per heavy atom. The number of hydrogen-bond acceptors (Lipinski definition) is 5. The van der Waals surface area contributed by atoms with Gasteiger partial charge in [0.1, 0.15) is 4.58 Å². The van der Waals surface area contributed by atoms with Crippen LogP contribution in [-0.2, 0) is 21.6 Å². The maximum Gasteiger partial charge on any atom is 0.290 e. The fraction of sp³-hybridized carbons (Fsp3) is 0.750. The first kappa shape index (κ1) is 12.4. The van der Waals surface area contributed by atoms with Crippen molar-refractivity contribution < 1.29 is 23.0 Å². The molecule has 0 aromatic carbocycles. The fourth-order valence-electron chi connectivity index (χ4n) is 0.862. The second-order valence-electron chi connectivity index (χ2n) is 2.74.